The Labute approximate surface area is 117 Å². The van der Waals surface area contributed by atoms with Gasteiger partial charge in [-0.3, -0.25) is 4.90 Å². The molecule has 0 fully saturated rings. The number of carboxylic acids is 1. The monoisotopic (exact) mass is 277 g/mol. The molecule has 0 spiro atoms. The third kappa shape index (κ3) is 3.00. The third-order valence-electron chi connectivity index (χ3n) is 3.33. The average molecular weight is 277 g/mol. The molecular formula is C15H19NO4. The van der Waals surface area contributed by atoms with Crippen LogP contribution in [0.2, 0.25) is 0 Å². The molecule has 0 saturated carbocycles. The number of methoxy groups -OCH3 is 1. The summed E-state index contributed by atoms with van der Waals surface area (Å²) < 4.78 is 10.5. The molecule has 20 heavy (non-hydrogen) atoms. The summed E-state index contributed by atoms with van der Waals surface area (Å²) in [4.78, 5) is 13.5. The molecule has 2 rings (SSSR count). The first-order chi connectivity index (χ1) is 9.67. The van der Waals surface area contributed by atoms with Crippen molar-refractivity contribution < 1.29 is 19.1 Å². The van der Waals surface area contributed by atoms with Crippen LogP contribution in [0.5, 0.6) is 0 Å². The van der Waals surface area contributed by atoms with E-state index < -0.39 is 5.97 Å². The number of carboxylic acid groups (broad SMARTS) is 1. The molecule has 1 aromatic carbocycles. The van der Waals surface area contributed by atoms with Gasteiger partial charge in [0.2, 0.25) is 5.76 Å². The number of likely N-dealkylation sites (N-methyl/N-ethyl adjacent to an activating group) is 1. The standard InChI is InChI=1S/C15H19NO4/c1-3-16(8-9-19-2)10-12-11-6-4-5-7-13(11)20-14(12)15(17)18/h4-7H,3,8-10H2,1-2H3,(H,17,18). The van der Waals surface area contributed by atoms with E-state index in [1.807, 2.05) is 25.1 Å². The van der Waals surface area contributed by atoms with E-state index in [-0.39, 0.29) is 5.76 Å². The Kier molecular flexibility index (Phi) is 4.76. The number of fused-ring (bicyclic) bond motifs is 1. The number of aromatic carboxylic acids is 1. The van der Waals surface area contributed by atoms with E-state index in [1.165, 1.54) is 0 Å². The Balaban J connectivity index is 2.35. The molecular weight excluding hydrogens is 258 g/mol. The van der Waals surface area contributed by atoms with Crippen LogP contribution in [0.3, 0.4) is 0 Å². The lowest BCUT2D eigenvalue weighted by molar-refractivity contribution is 0.0661. The van der Waals surface area contributed by atoms with Gasteiger partial charge in [0.05, 0.1) is 6.61 Å². The molecule has 1 N–H and O–H groups in total. The van der Waals surface area contributed by atoms with Gasteiger partial charge >= 0.3 is 5.97 Å². The van der Waals surface area contributed by atoms with Crippen LogP contribution in [0, 0.1) is 0 Å². The zero-order valence-corrected chi connectivity index (χ0v) is 11.8. The van der Waals surface area contributed by atoms with E-state index in [0.29, 0.717) is 18.7 Å². The van der Waals surface area contributed by atoms with E-state index in [0.717, 1.165) is 24.0 Å². The number of benzene rings is 1. The Morgan fingerprint density at radius 3 is 2.80 bits per heavy atom. The Bertz CT molecular complexity index is 591. The topological polar surface area (TPSA) is 62.9 Å². The zero-order valence-electron chi connectivity index (χ0n) is 11.8. The highest BCUT2D eigenvalue weighted by Gasteiger charge is 2.21. The molecule has 0 bridgehead atoms. The molecule has 0 aliphatic carbocycles. The molecule has 5 nitrogen and oxygen atoms in total. The zero-order chi connectivity index (χ0) is 14.5. The van der Waals surface area contributed by atoms with Crippen molar-refractivity contribution in [1.29, 1.82) is 0 Å². The highest BCUT2D eigenvalue weighted by atomic mass is 16.5. The number of carbonyl (C=O) groups is 1. The highest BCUT2D eigenvalue weighted by Crippen LogP contribution is 2.27. The van der Waals surface area contributed by atoms with Gasteiger partial charge in [0.25, 0.3) is 0 Å². The van der Waals surface area contributed by atoms with Gasteiger partial charge in [-0.1, -0.05) is 25.1 Å². The fraction of sp³-hybridized carbons (Fsp3) is 0.400. The predicted octanol–water partition coefficient (Wildman–Crippen LogP) is 2.60. The lowest BCUT2D eigenvalue weighted by Gasteiger charge is -2.19. The van der Waals surface area contributed by atoms with Crippen LogP contribution >= 0.6 is 0 Å². The minimum absolute atomic E-state index is 0.0297. The first kappa shape index (κ1) is 14.6. The lowest BCUT2D eigenvalue weighted by atomic mass is 10.1. The normalized spacial score (nSPS) is 11.3. The minimum Gasteiger partial charge on any atom is -0.475 e. The van der Waals surface area contributed by atoms with E-state index in [1.54, 1.807) is 13.2 Å². The number of ether oxygens (including phenoxy) is 1. The fourth-order valence-corrected chi connectivity index (χ4v) is 2.22. The third-order valence-corrected chi connectivity index (χ3v) is 3.33. The van der Waals surface area contributed by atoms with E-state index >= 15 is 0 Å². The second kappa shape index (κ2) is 6.54. The SMILES string of the molecule is CCN(CCOC)Cc1c(C(=O)O)oc2ccccc12. The van der Waals surface area contributed by atoms with Gasteiger partial charge in [-0.2, -0.15) is 0 Å². The first-order valence-electron chi connectivity index (χ1n) is 6.62. The fourth-order valence-electron chi connectivity index (χ4n) is 2.22. The largest absolute Gasteiger partial charge is 0.475 e. The van der Waals surface area contributed by atoms with Crippen molar-refractivity contribution >= 4 is 16.9 Å². The molecule has 0 amide bonds. The number of nitrogens with zero attached hydrogens (tertiary/aromatic N) is 1. The Hall–Kier alpha value is -1.85. The smallest absolute Gasteiger partial charge is 0.372 e. The quantitative estimate of drug-likeness (QED) is 0.842. The van der Waals surface area contributed by atoms with Gasteiger partial charge in [-0.15, -0.1) is 0 Å². The van der Waals surface area contributed by atoms with Crippen molar-refractivity contribution in [1.82, 2.24) is 4.90 Å². The molecule has 0 saturated heterocycles. The van der Waals surface area contributed by atoms with Crippen LogP contribution in [-0.4, -0.2) is 42.8 Å². The molecule has 0 aliphatic heterocycles. The highest BCUT2D eigenvalue weighted by molar-refractivity contribution is 5.95. The maximum atomic E-state index is 11.3. The second-order valence-electron chi connectivity index (χ2n) is 4.57. The molecule has 0 aliphatic rings. The molecule has 2 aromatic rings. The Morgan fingerprint density at radius 1 is 1.40 bits per heavy atom. The van der Waals surface area contributed by atoms with Crippen LogP contribution in [0.4, 0.5) is 0 Å². The maximum absolute atomic E-state index is 11.3. The van der Waals surface area contributed by atoms with Crippen molar-refractivity contribution in [3.05, 3.63) is 35.6 Å². The van der Waals surface area contributed by atoms with E-state index in [4.69, 9.17) is 9.15 Å². The molecule has 5 heteroatoms. The van der Waals surface area contributed by atoms with Gasteiger partial charge in [-0.05, 0) is 12.6 Å². The van der Waals surface area contributed by atoms with Crippen LogP contribution in [0.25, 0.3) is 11.0 Å². The summed E-state index contributed by atoms with van der Waals surface area (Å²) in [5.74, 6) is -0.999. The average Bonchev–Trinajstić information content (AvgIpc) is 2.82. The summed E-state index contributed by atoms with van der Waals surface area (Å²) in [6, 6.07) is 7.41. The van der Waals surface area contributed by atoms with E-state index in [9.17, 15) is 9.90 Å². The van der Waals surface area contributed by atoms with Crippen LogP contribution < -0.4 is 0 Å². The van der Waals surface area contributed by atoms with Gasteiger partial charge < -0.3 is 14.3 Å². The van der Waals surface area contributed by atoms with Crippen LogP contribution in [0.15, 0.2) is 28.7 Å². The predicted molar refractivity (Wildman–Crippen MR) is 76.0 cm³/mol. The molecule has 108 valence electrons. The summed E-state index contributed by atoms with van der Waals surface area (Å²) in [6.45, 7) is 4.77. The molecule has 0 atom stereocenters. The summed E-state index contributed by atoms with van der Waals surface area (Å²) in [6.07, 6.45) is 0. The first-order valence-corrected chi connectivity index (χ1v) is 6.62. The maximum Gasteiger partial charge on any atom is 0.372 e. The molecule has 0 radical (unpaired) electrons. The molecule has 0 unspecified atom stereocenters. The number of rotatable bonds is 7. The Morgan fingerprint density at radius 2 is 2.15 bits per heavy atom. The summed E-state index contributed by atoms with van der Waals surface area (Å²) in [5.41, 5.74) is 1.34. The summed E-state index contributed by atoms with van der Waals surface area (Å²) in [5, 5.41) is 10.2. The van der Waals surface area contributed by atoms with Gasteiger partial charge in [-0.25, -0.2) is 4.79 Å². The minimum atomic E-state index is -1.03. The van der Waals surface area contributed by atoms with Crippen LogP contribution in [0.1, 0.15) is 23.0 Å². The summed E-state index contributed by atoms with van der Waals surface area (Å²) >= 11 is 0. The van der Waals surface area contributed by atoms with Crippen molar-refractivity contribution in [2.24, 2.45) is 0 Å². The van der Waals surface area contributed by atoms with Crippen molar-refractivity contribution in [3.63, 3.8) is 0 Å². The number of furan rings is 1. The summed E-state index contributed by atoms with van der Waals surface area (Å²) in [7, 11) is 1.66. The van der Waals surface area contributed by atoms with E-state index in [2.05, 4.69) is 4.90 Å². The second-order valence-corrected chi connectivity index (χ2v) is 4.57. The lowest BCUT2D eigenvalue weighted by Crippen LogP contribution is -2.27. The molecule has 1 aromatic heterocycles. The van der Waals surface area contributed by atoms with Gasteiger partial charge in [0.1, 0.15) is 5.58 Å². The number of hydrogen-bond acceptors (Lipinski definition) is 4. The van der Waals surface area contributed by atoms with Gasteiger partial charge in [0, 0.05) is 31.1 Å². The van der Waals surface area contributed by atoms with Crippen molar-refractivity contribution in [2.75, 3.05) is 26.8 Å². The molecule has 1 heterocycles. The number of hydrogen-bond donors (Lipinski definition) is 1. The van der Waals surface area contributed by atoms with Gasteiger partial charge in [0.15, 0.2) is 0 Å². The number of para-hydroxylation sites is 1. The van der Waals surface area contributed by atoms with Crippen molar-refractivity contribution in [3.8, 4) is 0 Å². The van der Waals surface area contributed by atoms with Crippen molar-refractivity contribution in [2.45, 2.75) is 13.5 Å². The van der Waals surface area contributed by atoms with Crippen LogP contribution in [-0.2, 0) is 11.3 Å².